The first kappa shape index (κ1) is 15.0. The molecule has 0 radical (unpaired) electrons. The first-order chi connectivity index (χ1) is 7.55. The van der Waals surface area contributed by atoms with Gasteiger partial charge in [-0.25, -0.2) is 0 Å². The van der Waals surface area contributed by atoms with E-state index in [1.165, 1.54) is 38.9 Å². The van der Waals surface area contributed by atoms with Gasteiger partial charge in [0.05, 0.1) is 0 Å². The Morgan fingerprint density at radius 2 is 1.47 bits per heavy atom. The van der Waals surface area contributed by atoms with Crippen molar-refractivity contribution in [3.8, 4) is 0 Å². The molecule has 1 fully saturated rings. The molecule has 0 aromatic carbocycles. The molecule has 1 heterocycles. The van der Waals surface area contributed by atoms with Crippen molar-refractivity contribution in [3.63, 3.8) is 0 Å². The van der Waals surface area contributed by atoms with Gasteiger partial charge >= 0.3 is 0 Å². The molecule has 0 amide bonds. The van der Waals surface area contributed by atoms with Crippen molar-refractivity contribution in [2.24, 2.45) is 16.2 Å². The average Bonchev–Trinajstić information content (AvgIpc) is 2.10. The van der Waals surface area contributed by atoms with Gasteiger partial charge in [-0.3, -0.25) is 0 Å². The lowest BCUT2D eigenvalue weighted by Gasteiger charge is -2.47. The van der Waals surface area contributed by atoms with Crippen molar-refractivity contribution in [2.45, 2.75) is 67.7 Å². The predicted molar refractivity (Wildman–Crippen MR) is 77.3 cm³/mol. The minimum absolute atomic E-state index is 0.484. The van der Waals surface area contributed by atoms with Gasteiger partial charge in [-0.05, 0) is 35.6 Å². The minimum Gasteiger partial charge on any atom is -0.302 e. The topological polar surface area (TPSA) is 3.24 Å². The van der Waals surface area contributed by atoms with Crippen LogP contribution in [-0.2, 0) is 0 Å². The van der Waals surface area contributed by atoms with Crippen molar-refractivity contribution in [1.29, 1.82) is 0 Å². The summed E-state index contributed by atoms with van der Waals surface area (Å²) in [6, 6.07) is 0. The Balaban J connectivity index is 2.54. The van der Waals surface area contributed by atoms with Gasteiger partial charge in [-0.15, -0.1) is 0 Å². The molecular formula is C16H33N. The molecule has 0 atom stereocenters. The van der Waals surface area contributed by atoms with Gasteiger partial charge in [-0.1, -0.05) is 54.9 Å². The summed E-state index contributed by atoms with van der Waals surface area (Å²) in [5, 5.41) is 0. The molecule has 1 saturated heterocycles. The number of hydrogen-bond donors (Lipinski definition) is 0. The number of rotatable bonds is 4. The predicted octanol–water partition coefficient (Wildman–Crippen LogP) is 4.57. The third kappa shape index (κ3) is 4.99. The highest BCUT2D eigenvalue weighted by atomic mass is 15.1. The van der Waals surface area contributed by atoms with Crippen LogP contribution in [0.2, 0.25) is 0 Å². The molecule has 1 aliphatic heterocycles. The Kier molecular flexibility index (Phi) is 4.34. The van der Waals surface area contributed by atoms with E-state index >= 15 is 0 Å². The first-order valence-corrected chi connectivity index (χ1v) is 7.28. The molecule has 0 N–H and O–H groups in total. The van der Waals surface area contributed by atoms with Crippen molar-refractivity contribution in [2.75, 3.05) is 19.6 Å². The van der Waals surface area contributed by atoms with Gasteiger partial charge in [-0.2, -0.15) is 0 Å². The van der Waals surface area contributed by atoms with E-state index in [0.717, 1.165) is 0 Å². The van der Waals surface area contributed by atoms with Crippen LogP contribution in [0.5, 0.6) is 0 Å². The van der Waals surface area contributed by atoms with Gasteiger partial charge in [0, 0.05) is 13.1 Å². The third-order valence-electron chi connectivity index (χ3n) is 4.32. The molecule has 0 aromatic heterocycles. The Hall–Kier alpha value is -0.0400. The zero-order valence-corrected chi connectivity index (χ0v) is 13.2. The zero-order chi connectivity index (χ0) is 13.3. The quantitative estimate of drug-likeness (QED) is 0.694. The second-order valence-corrected chi connectivity index (χ2v) is 8.48. The Morgan fingerprint density at radius 3 is 1.88 bits per heavy atom. The summed E-state index contributed by atoms with van der Waals surface area (Å²) in [6.07, 6.45) is 3.97. The van der Waals surface area contributed by atoms with E-state index in [9.17, 15) is 0 Å². The lowest BCUT2D eigenvalue weighted by atomic mass is 9.71. The van der Waals surface area contributed by atoms with Crippen molar-refractivity contribution < 1.29 is 0 Å². The summed E-state index contributed by atoms with van der Waals surface area (Å²) in [5.74, 6) is 0. The van der Waals surface area contributed by atoms with Gasteiger partial charge in [0.2, 0.25) is 0 Å². The monoisotopic (exact) mass is 239 g/mol. The van der Waals surface area contributed by atoms with E-state index in [-0.39, 0.29) is 0 Å². The van der Waals surface area contributed by atoms with Crippen LogP contribution in [0.1, 0.15) is 67.7 Å². The van der Waals surface area contributed by atoms with Crippen LogP contribution in [0, 0.1) is 16.2 Å². The van der Waals surface area contributed by atoms with E-state index < -0.39 is 0 Å². The Bertz CT molecular complexity index is 234. The highest BCUT2D eigenvalue weighted by Crippen LogP contribution is 2.40. The van der Waals surface area contributed by atoms with Gasteiger partial charge in [0.25, 0.3) is 0 Å². The first-order valence-electron chi connectivity index (χ1n) is 7.28. The maximum absolute atomic E-state index is 2.70. The normalized spacial score (nSPS) is 24.9. The van der Waals surface area contributed by atoms with E-state index in [0.29, 0.717) is 16.2 Å². The molecule has 0 saturated carbocycles. The van der Waals surface area contributed by atoms with E-state index in [4.69, 9.17) is 0 Å². The van der Waals surface area contributed by atoms with E-state index in [2.05, 4.69) is 53.4 Å². The van der Waals surface area contributed by atoms with Crippen LogP contribution in [0.25, 0.3) is 0 Å². The highest BCUT2D eigenvalue weighted by Gasteiger charge is 2.37. The fourth-order valence-electron chi connectivity index (χ4n) is 3.47. The minimum atomic E-state index is 0.484. The van der Waals surface area contributed by atoms with Crippen molar-refractivity contribution in [3.05, 3.63) is 0 Å². The van der Waals surface area contributed by atoms with Gasteiger partial charge < -0.3 is 4.90 Å². The number of hydrogen-bond acceptors (Lipinski definition) is 1. The summed E-state index contributed by atoms with van der Waals surface area (Å²) >= 11 is 0. The lowest BCUT2D eigenvalue weighted by molar-refractivity contribution is 0.0212. The van der Waals surface area contributed by atoms with Gasteiger partial charge in [0.15, 0.2) is 0 Å². The fraction of sp³-hybridized carbons (Fsp3) is 1.00. The zero-order valence-electron chi connectivity index (χ0n) is 13.2. The van der Waals surface area contributed by atoms with Crippen LogP contribution in [0.15, 0.2) is 0 Å². The fourth-order valence-corrected chi connectivity index (χ4v) is 3.47. The maximum atomic E-state index is 2.70. The SMILES string of the molecule is CCC(C)(C)CCN1CC(C)(C)CC(C)(C)C1. The third-order valence-corrected chi connectivity index (χ3v) is 4.32. The van der Waals surface area contributed by atoms with Crippen LogP contribution >= 0.6 is 0 Å². The number of likely N-dealkylation sites (tertiary alicyclic amines) is 1. The lowest BCUT2D eigenvalue weighted by Crippen LogP contribution is -2.49. The van der Waals surface area contributed by atoms with Crippen LogP contribution in [0.3, 0.4) is 0 Å². The largest absolute Gasteiger partial charge is 0.302 e. The smallest absolute Gasteiger partial charge is 0.00331 e. The number of nitrogens with zero attached hydrogens (tertiary/aromatic N) is 1. The molecule has 1 nitrogen and oxygen atoms in total. The Morgan fingerprint density at radius 1 is 1.00 bits per heavy atom. The summed E-state index contributed by atoms with van der Waals surface area (Å²) in [5.41, 5.74) is 1.47. The summed E-state index contributed by atoms with van der Waals surface area (Å²) in [4.78, 5) is 2.70. The number of piperidine rings is 1. The molecule has 0 spiro atoms. The maximum Gasteiger partial charge on any atom is 0.00331 e. The summed E-state index contributed by atoms with van der Waals surface area (Å²) < 4.78 is 0. The molecule has 0 bridgehead atoms. The standard InChI is InChI=1S/C16H33N/c1-8-14(2,3)9-10-17-12-15(4,5)11-16(6,7)13-17/h8-13H2,1-7H3. The van der Waals surface area contributed by atoms with Crippen molar-refractivity contribution >= 4 is 0 Å². The van der Waals surface area contributed by atoms with Crippen LogP contribution in [-0.4, -0.2) is 24.5 Å². The van der Waals surface area contributed by atoms with Gasteiger partial charge in [0.1, 0.15) is 0 Å². The molecule has 0 aromatic rings. The Labute approximate surface area is 109 Å². The molecule has 17 heavy (non-hydrogen) atoms. The van der Waals surface area contributed by atoms with E-state index in [1.807, 2.05) is 0 Å². The molecule has 0 unspecified atom stereocenters. The highest BCUT2D eigenvalue weighted by molar-refractivity contribution is 4.90. The molecular weight excluding hydrogens is 206 g/mol. The van der Waals surface area contributed by atoms with Crippen LogP contribution in [0.4, 0.5) is 0 Å². The average molecular weight is 239 g/mol. The van der Waals surface area contributed by atoms with E-state index in [1.54, 1.807) is 0 Å². The summed E-state index contributed by atoms with van der Waals surface area (Å²) in [6.45, 7) is 20.6. The molecule has 1 aliphatic rings. The second-order valence-electron chi connectivity index (χ2n) is 8.48. The molecule has 1 rings (SSSR count). The molecule has 102 valence electrons. The summed E-state index contributed by atoms with van der Waals surface area (Å²) in [7, 11) is 0. The van der Waals surface area contributed by atoms with Crippen molar-refractivity contribution in [1.82, 2.24) is 4.90 Å². The molecule has 1 heteroatoms. The van der Waals surface area contributed by atoms with Crippen LogP contribution < -0.4 is 0 Å². The molecule has 0 aliphatic carbocycles. The second kappa shape index (κ2) is 4.91.